The molecular weight excluding hydrogens is 269 g/mol. The molecule has 0 bridgehead atoms. The number of hydrogen-bond acceptors (Lipinski definition) is 2. The normalized spacial score (nSPS) is 10.9. The molecule has 0 aliphatic heterocycles. The third-order valence-electron chi connectivity index (χ3n) is 2.88. The molecule has 1 aromatic carbocycles. The molecule has 2 rings (SSSR count). The molecule has 18 heavy (non-hydrogen) atoms. The first-order chi connectivity index (χ1) is 8.54. The van der Waals surface area contributed by atoms with E-state index in [0.717, 1.165) is 29.7 Å². The van der Waals surface area contributed by atoms with Crippen molar-refractivity contribution in [2.24, 2.45) is 7.05 Å². The minimum absolute atomic E-state index is 0.634. The summed E-state index contributed by atoms with van der Waals surface area (Å²) in [5, 5.41) is 5.72. The molecular formula is C13H15Cl2N3. The van der Waals surface area contributed by atoms with Crippen LogP contribution in [0.1, 0.15) is 18.9 Å². The number of hydrogen-bond donors (Lipinski definition) is 1. The quantitative estimate of drug-likeness (QED) is 0.928. The summed E-state index contributed by atoms with van der Waals surface area (Å²) in [5.74, 6) is 0.683. The highest BCUT2D eigenvalue weighted by Gasteiger charge is 2.17. The maximum absolute atomic E-state index is 6.22. The van der Waals surface area contributed by atoms with E-state index < -0.39 is 0 Å². The number of nitrogens with two attached hydrogens (primary N) is 1. The van der Waals surface area contributed by atoms with E-state index in [1.807, 2.05) is 13.1 Å². The van der Waals surface area contributed by atoms with E-state index >= 15 is 0 Å². The van der Waals surface area contributed by atoms with Crippen LogP contribution in [-0.4, -0.2) is 9.78 Å². The number of aryl methyl sites for hydroxylation is 1. The lowest BCUT2D eigenvalue weighted by molar-refractivity contribution is 0.781. The second kappa shape index (κ2) is 5.21. The van der Waals surface area contributed by atoms with Gasteiger partial charge in [0.15, 0.2) is 0 Å². The van der Waals surface area contributed by atoms with Crippen LogP contribution in [0.4, 0.5) is 5.82 Å². The Morgan fingerprint density at radius 2 is 2.06 bits per heavy atom. The molecule has 5 heteroatoms. The summed E-state index contributed by atoms with van der Waals surface area (Å²) >= 11 is 12.2. The lowest BCUT2D eigenvalue weighted by Gasteiger charge is -2.05. The van der Waals surface area contributed by atoms with Gasteiger partial charge in [0.25, 0.3) is 0 Å². The number of benzene rings is 1. The van der Waals surface area contributed by atoms with Gasteiger partial charge in [-0.3, -0.25) is 4.68 Å². The molecule has 0 saturated carbocycles. The van der Waals surface area contributed by atoms with Crippen molar-refractivity contribution in [3.8, 4) is 11.3 Å². The summed E-state index contributed by atoms with van der Waals surface area (Å²) in [7, 11) is 1.83. The van der Waals surface area contributed by atoms with Gasteiger partial charge < -0.3 is 5.73 Å². The molecule has 0 aliphatic carbocycles. The van der Waals surface area contributed by atoms with Gasteiger partial charge in [0.05, 0.1) is 10.7 Å². The van der Waals surface area contributed by atoms with Gasteiger partial charge in [-0.15, -0.1) is 0 Å². The lowest BCUT2D eigenvalue weighted by Crippen LogP contribution is -1.99. The minimum atomic E-state index is 0.634. The zero-order valence-electron chi connectivity index (χ0n) is 10.4. The van der Waals surface area contributed by atoms with E-state index in [4.69, 9.17) is 28.9 Å². The second-order valence-corrected chi connectivity index (χ2v) is 5.05. The molecule has 0 saturated heterocycles. The van der Waals surface area contributed by atoms with Gasteiger partial charge in [-0.1, -0.05) is 36.5 Å². The Morgan fingerprint density at radius 1 is 1.33 bits per heavy atom. The number of halogens is 2. The number of nitrogen functional groups attached to an aromatic ring is 1. The van der Waals surface area contributed by atoms with Crippen LogP contribution in [0.25, 0.3) is 11.3 Å². The first-order valence-corrected chi connectivity index (χ1v) is 6.57. The van der Waals surface area contributed by atoms with Gasteiger partial charge >= 0.3 is 0 Å². The smallest absolute Gasteiger partial charge is 0.125 e. The number of rotatable bonds is 3. The van der Waals surface area contributed by atoms with E-state index in [-0.39, 0.29) is 0 Å². The Morgan fingerprint density at radius 3 is 2.72 bits per heavy atom. The van der Waals surface area contributed by atoms with Crippen molar-refractivity contribution in [1.29, 1.82) is 0 Å². The van der Waals surface area contributed by atoms with Crippen molar-refractivity contribution in [3.63, 3.8) is 0 Å². The predicted octanol–water partition coefficient (Wildman–Crippen LogP) is 3.93. The summed E-state index contributed by atoms with van der Waals surface area (Å²) in [6.07, 6.45) is 1.87. The van der Waals surface area contributed by atoms with Crippen LogP contribution >= 0.6 is 23.2 Å². The van der Waals surface area contributed by atoms with Gasteiger partial charge in [-0.05, 0) is 24.6 Å². The molecule has 2 N–H and O–H groups in total. The van der Waals surface area contributed by atoms with E-state index in [0.29, 0.717) is 15.9 Å². The first kappa shape index (κ1) is 13.2. The summed E-state index contributed by atoms with van der Waals surface area (Å²) in [4.78, 5) is 0. The monoisotopic (exact) mass is 283 g/mol. The zero-order valence-corrected chi connectivity index (χ0v) is 11.9. The molecule has 0 aliphatic rings. The van der Waals surface area contributed by atoms with E-state index in [1.54, 1.807) is 16.8 Å². The topological polar surface area (TPSA) is 43.8 Å². The van der Waals surface area contributed by atoms with Crippen LogP contribution < -0.4 is 5.73 Å². The zero-order chi connectivity index (χ0) is 13.3. The molecule has 2 aromatic rings. The third-order valence-corrected chi connectivity index (χ3v) is 3.44. The molecule has 3 nitrogen and oxygen atoms in total. The Labute approximate surface area is 117 Å². The summed E-state index contributed by atoms with van der Waals surface area (Å²) in [5.41, 5.74) is 8.73. The van der Waals surface area contributed by atoms with Gasteiger partial charge in [0.2, 0.25) is 0 Å². The van der Waals surface area contributed by atoms with Crippen molar-refractivity contribution < 1.29 is 0 Å². The van der Waals surface area contributed by atoms with E-state index in [9.17, 15) is 0 Å². The van der Waals surface area contributed by atoms with Crippen LogP contribution in [0, 0.1) is 0 Å². The SMILES string of the molecule is CCCc1c(-c2cc(Cl)ccc2Cl)nn(C)c1N. The van der Waals surface area contributed by atoms with Gasteiger partial charge in [0.1, 0.15) is 5.82 Å². The molecule has 1 heterocycles. The Bertz CT molecular complexity index is 576. The van der Waals surface area contributed by atoms with Crippen molar-refractivity contribution in [2.45, 2.75) is 19.8 Å². The van der Waals surface area contributed by atoms with Gasteiger partial charge in [0, 0.05) is 23.2 Å². The van der Waals surface area contributed by atoms with Crippen LogP contribution in [0.2, 0.25) is 10.0 Å². The van der Waals surface area contributed by atoms with E-state index in [1.165, 1.54) is 0 Å². The summed E-state index contributed by atoms with van der Waals surface area (Å²) in [6.45, 7) is 2.11. The second-order valence-electron chi connectivity index (χ2n) is 4.21. The molecule has 0 amide bonds. The van der Waals surface area contributed by atoms with Crippen LogP contribution in [0.15, 0.2) is 18.2 Å². The summed E-state index contributed by atoms with van der Waals surface area (Å²) in [6, 6.07) is 5.36. The highest BCUT2D eigenvalue weighted by atomic mass is 35.5. The fourth-order valence-corrected chi connectivity index (χ4v) is 2.35. The highest BCUT2D eigenvalue weighted by Crippen LogP contribution is 2.34. The molecule has 0 fully saturated rings. The van der Waals surface area contributed by atoms with Crippen LogP contribution in [0.3, 0.4) is 0 Å². The first-order valence-electron chi connectivity index (χ1n) is 5.81. The fourth-order valence-electron chi connectivity index (χ4n) is 1.97. The Kier molecular flexibility index (Phi) is 3.83. The molecule has 96 valence electrons. The standard InChI is InChI=1S/C13H15Cl2N3/c1-3-4-9-12(17-18(2)13(9)16)10-7-8(14)5-6-11(10)15/h5-7H,3-4,16H2,1-2H3. The number of nitrogens with zero attached hydrogens (tertiary/aromatic N) is 2. The Hall–Kier alpha value is -1.19. The molecule has 1 aromatic heterocycles. The molecule has 0 radical (unpaired) electrons. The molecule has 0 atom stereocenters. The minimum Gasteiger partial charge on any atom is -0.384 e. The fraction of sp³-hybridized carbons (Fsp3) is 0.308. The molecule has 0 spiro atoms. The number of anilines is 1. The average Bonchev–Trinajstić information content (AvgIpc) is 2.61. The maximum Gasteiger partial charge on any atom is 0.125 e. The molecule has 0 unspecified atom stereocenters. The predicted molar refractivity (Wildman–Crippen MR) is 77.1 cm³/mol. The van der Waals surface area contributed by atoms with Gasteiger partial charge in [-0.25, -0.2) is 0 Å². The summed E-state index contributed by atoms with van der Waals surface area (Å²) < 4.78 is 1.68. The maximum atomic E-state index is 6.22. The van der Waals surface area contributed by atoms with Crippen LogP contribution in [-0.2, 0) is 13.5 Å². The van der Waals surface area contributed by atoms with Gasteiger partial charge in [-0.2, -0.15) is 5.10 Å². The van der Waals surface area contributed by atoms with Crippen molar-refractivity contribution in [3.05, 3.63) is 33.8 Å². The lowest BCUT2D eigenvalue weighted by atomic mass is 10.0. The van der Waals surface area contributed by atoms with E-state index in [2.05, 4.69) is 12.0 Å². The third kappa shape index (κ3) is 2.33. The average molecular weight is 284 g/mol. The number of aromatic nitrogens is 2. The highest BCUT2D eigenvalue weighted by molar-refractivity contribution is 6.35. The van der Waals surface area contributed by atoms with Crippen molar-refractivity contribution in [1.82, 2.24) is 9.78 Å². The Balaban J connectivity index is 2.63. The van der Waals surface area contributed by atoms with Crippen LogP contribution in [0.5, 0.6) is 0 Å². The van der Waals surface area contributed by atoms with Crippen molar-refractivity contribution in [2.75, 3.05) is 5.73 Å². The van der Waals surface area contributed by atoms with Crippen molar-refractivity contribution >= 4 is 29.0 Å². The largest absolute Gasteiger partial charge is 0.384 e.